The fourth-order valence-corrected chi connectivity index (χ4v) is 4.42. The number of carbonyl (C=O) groups is 1. The summed E-state index contributed by atoms with van der Waals surface area (Å²) in [5.74, 6) is 0.0788. The summed E-state index contributed by atoms with van der Waals surface area (Å²) >= 11 is 1.49. The van der Waals surface area contributed by atoms with E-state index >= 15 is 0 Å². The van der Waals surface area contributed by atoms with Crippen LogP contribution < -0.4 is 0 Å². The summed E-state index contributed by atoms with van der Waals surface area (Å²) in [6.45, 7) is 5.37. The first-order valence-corrected chi connectivity index (χ1v) is 9.48. The van der Waals surface area contributed by atoms with E-state index in [1.165, 1.54) is 43.9 Å². The van der Waals surface area contributed by atoms with E-state index < -0.39 is 0 Å². The molecule has 0 aromatic carbocycles. The number of hydrogen-bond acceptors (Lipinski definition) is 3. The number of aromatic nitrogens is 1. The van der Waals surface area contributed by atoms with Crippen LogP contribution in [0.1, 0.15) is 57.6 Å². The van der Waals surface area contributed by atoms with Crippen molar-refractivity contribution in [1.29, 1.82) is 0 Å². The molecule has 4 nitrogen and oxygen atoms in total. The zero-order valence-corrected chi connectivity index (χ0v) is 14.8. The quantitative estimate of drug-likeness (QED) is 0.771. The summed E-state index contributed by atoms with van der Waals surface area (Å²) < 4.78 is 2.33. The molecule has 1 aromatic heterocycles. The van der Waals surface area contributed by atoms with Crippen molar-refractivity contribution in [3.05, 3.63) is 28.9 Å². The summed E-state index contributed by atoms with van der Waals surface area (Å²) in [6, 6.07) is 2.74. The molecule has 2 fully saturated rings. The third-order valence-electron chi connectivity index (χ3n) is 4.53. The maximum Gasteiger partial charge on any atom is 0.266 e. The van der Waals surface area contributed by atoms with E-state index in [1.807, 2.05) is 19.9 Å². The molecule has 1 aliphatic heterocycles. The smallest absolute Gasteiger partial charge is 0.266 e. The number of likely N-dealkylation sites (N-methyl/N-ethyl adjacent to an activating group) is 1. The van der Waals surface area contributed by atoms with Gasteiger partial charge in [-0.1, -0.05) is 19.3 Å². The lowest BCUT2D eigenvalue weighted by Crippen LogP contribution is -2.28. The number of hydrogen-bond donors (Lipinski definition) is 0. The van der Waals surface area contributed by atoms with Crippen molar-refractivity contribution in [1.82, 2.24) is 9.47 Å². The van der Waals surface area contributed by atoms with Gasteiger partial charge in [0.25, 0.3) is 5.91 Å². The Hall–Kier alpha value is -1.49. The maximum absolute atomic E-state index is 12.5. The van der Waals surface area contributed by atoms with Gasteiger partial charge in [0.15, 0.2) is 5.17 Å². The van der Waals surface area contributed by atoms with Crippen molar-refractivity contribution in [2.24, 2.45) is 4.99 Å². The van der Waals surface area contributed by atoms with E-state index in [-0.39, 0.29) is 5.91 Å². The van der Waals surface area contributed by atoms with Crippen LogP contribution in [0.5, 0.6) is 0 Å². The highest BCUT2D eigenvalue weighted by molar-refractivity contribution is 8.18. The van der Waals surface area contributed by atoms with Crippen molar-refractivity contribution in [2.75, 3.05) is 13.1 Å². The second-order valence-electron chi connectivity index (χ2n) is 6.10. The molecule has 0 N–H and O–H groups in total. The lowest BCUT2D eigenvalue weighted by molar-refractivity contribution is -0.122. The molecule has 3 rings (SSSR count). The van der Waals surface area contributed by atoms with Gasteiger partial charge in [0.1, 0.15) is 0 Å². The van der Waals surface area contributed by atoms with Crippen LogP contribution in [0.4, 0.5) is 0 Å². The Bertz CT molecular complexity index is 626. The van der Waals surface area contributed by atoms with Gasteiger partial charge < -0.3 is 4.57 Å². The molecular formula is C18H25N3OS. The van der Waals surface area contributed by atoms with E-state index in [1.54, 1.807) is 4.90 Å². The topological polar surface area (TPSA) is 37.6 Å². The van der Waals surface area contributed by atoms with E-state index in [0.29, 0.717) is 19.1 Å². The van der Waals surface area contributed by atoms with Gasteiger partial charge in [0, 0.05) is 31.5 Å². The minimum Gasteiger partial charge on any atom is -0.351 e. The highest BCUT2D eigenvalue weighted by Crippen LogP contribution is 2.33. The first kappa shape index (κ1) is 16.4. The molecule has 0 atom stereocenters. The average molecular weight is 331 g/mol. The fraction of sp³-hybridized carbons (Fsp3) is 0.556. The SMILES string of the molecule is CCN=C1S/C(=C/c2ccn(C3CCCCC3)c2)C(=O)N1CC. The van der Waals surface area contributed by atoms with Crippen LogP contribution in [-0.2, 0) is 4.79 Å². The standard InChI is InChI=1S/C18H25N3OS/c1-3-19-18-21(4-2)17(22)16(23-18)12-14-10-11-20(13-14)15-8-6-5-7-9-15/h10-13,15H,3-9H2,1-2H3/b16-12+,19-18?. The zero-order chi connectivity index (χ0) is 16.2. The molecule has 0 unspecified atom stereocenters. The van der Waals surface area contributed by atoms with Crippen molar-refractivity contribution in [2.45, 2.75) is 52.0 Å². The largest absolute Gasteiger partial charge is 0.351 e. The average Bonchev–Trinajstić information content (AvgIpc) is 3.15. The Kier molecular flexibility index (Phi) is 5.26. The van der Waals surface area contributed by atoms with E-state index in [2.05, 4.69) is 28.0 Å². The Labute approximate surface area is 142 Å². The van der Waals surface area contributed by atoms with Gasteiger partial charge in [0.2, 0.25) is 0 Å². The third-order valence-corrected chi connectivity index (χ3v) is 5.57. The zero-order valence-electron chi connectivity index (χ0n) is 14.0. The van der Waals surface area contributed by atoms with Crippen molar-refractivity contribution in [3.8, 4) is 0 Å². The Morgan fingerprint density at radius 2 is 2.09 bits per heavy atom. The number of rotatable bonds is 4. The lowest BCUT2D eigenvalue weighted by Gasteiger charge is -2.23. The highest BCUT2D eigenvalue weighted by Gasteiger charge is 2.31. The van der Waals surface area contributed by atoms with Gasteiger partial charge >= 0.3 is 0 Å². The number of carbonyl (C=O) groups excluding carboxylic acids is 1. The second kappa shape index (κ2) is 7.39. The molecule has 23 heavy (non-hydrogen) atoms. The first-order chi connectivity index (χ1) is 11.2. The van der Waals surface area contributed by atoms with Gasteiger partial charge in [0.05, 0.1) is 4.91 Å². The Morgan fingerprint density at radius 3 is 2.78 bits per heavy atom. The second-order valence-corrected chi connectivity index (χ2v) is 7.11. The van der Waals surface area contributed by atoms with Crippen molar-refractivity contribution in [3.63, 3.8) is 0 Å². The normalized spacial score (nSPS) is 23.4. The summed E-state index contributed by atoms with van der Waals surface area (Å²) in [4.78, 5) is 19.5. The number of thioether (sulfide) groups is 1. The minimum absolute atomic E-state index is 0.0788. The summed E-state index contributed by atoms with van der Waals surface area (Å²) in [7, 11) is 0. The molecule has 1 saturated heterocycles. The van der Waals surface area contributed by atoms with Crippen LogP contribution in [0, 0.1) is 0 Å². The molecule has 124 valence electrons. The predicted octanol–water partition coefficient (Wildman–Crippen LogP) is 4.31. The van der Waals surface area contributed by atoms with Gasteiger partial charge in [-0.05, 0) is 56.2 Å². The predicted molar refractivity (Wildman–Crippen MR) is 97.5 cm³/mol. The molecule has 1 aromatic rings. The van der Waals surface area contributed by atoms with Crippen LogP contribution in [-0.4, -0.2) is 33.6 Å². The molecule has 1 aliphatic carbocycles. The first-order valence-electron chi connectivity index (χ1n) is 8.66. The molecule has 0 radical (unpaired) electrons. The van der Waals surface area contributed by atoms with E-state index in [4.69, 9.17) is 0 Å². The molecular weight excluding hydrogens is 306 g/mol. The van der Waals surface area contributed by atoms with E-state index in [9.17, 15) is 4.79 Å². The monoisotopic (exact) mass is 331 g/mol. The van der Waals surface area contributed by atoms with Gasteiger partial charge in [-0.2, -0.15) is 0 Å². The number of aliphatic imine (C=N–C) groups is 1. The molecule has 0 bridgehead atoms. The van der Waals surface area contributed by atoms with Crippen molar-refractivity contribution >= 4 is 28.9 Å². The minimum atomic E-state index is 0.0788. The lowest BCUT2D eigenvalue weighted by atomic mass is 9.95. The number of nitrogens with zero attached hydrogens (tertiary/aromatic N) is 3. The van der Waals surface area contributed by atoms with Crippen LogP contribution in [0.25, 0.3) is 6.08 Å². The van der Waals surface area contributed by atoms with Crippen LogP contribution in [0.15, 0.2) is 28.4 Å². The van der Waals surface area contributed by atoms with E-state index in [0.717, 1.165) is 15.6 Å². The molecule has 1 saturated carbocycles. The van der Waals surface area contributed by atoms with Crippen LogP contribution in [0.3, 0.4) is 0 Å². The molecule has 2 aliphatic rings. The number of amides is 1. The van der Waals surface area contributed by atoms with Gasteiger partial charge in [-0.3, -0.25) is 14.7 Å². The van der Waals surface area contributed by atoms with Crippen molar-refractivity contribution < 1.29 is 4.79 Å². The maximum atomic E-state index is 12.5. The molecule has 1 amide bonds. The van der Waals surface area contributed by atoms with Gasteiger partial charge in [-0.25, -0.2) is 0 Å². The van der Waals surface area contributed by atoms with Crippen LogP contribution in [0.2, 0.25) is 0 Å². The molecule has 5 heteroatoms. The van der Waals surface area contributed by atoms with Crippen LogP contribution >= 0.6 is 11.8 Å². The summed E-state index contributed by atoms with van der Waals surface area (Å²) in [6.07, 6.45) is 12.9. The third kappa shape index (κ3) is 3.55. The Balaban J connectivity index is 1.77. The Morgan fingerprint density at radius 1 is 1.30 bits per heavy atom. The molecule has 0 spiro atoms. The number of amidine groups is 1. The molecule has 2 heterocycles. The summed E-state index contributed by atoms with van der Waals surface area (Å²) in [5, 5.41) is 0.831. The van der Waals surface area contributed by atoms with Gasteiger partial charge in [-0.15, -0.1) is 0 Å². The fourth-order valence-electron chi connectivity index (χ4n) is 3.31. The highest BCUT2D eigenvalue weighted by atomic mass is 32.2. The summed E-state index contributed by atoms with van der Waals surface area (Å²) in [5.41, 5.74) is 1.11.